The van der Waals surface area contributed by atoms with Gasteiger partial charge in [0.2, 0.25) is 5.91 Å². The molecule has 19 heavy (non-hydrogen) atoms. The van der Waals surface area contributed by atoms with Crippen molar-refractivity contribution in [1.82, 2.24) is 10.2 Å². The van der Waals surface area contributed by atoms with Crippen LogP contribution in [0.15, 0.2) is 0 Å². The topological polar surface area (TPSA) is 84.7 Å². The van der Waals surface area contributed by atoms with E-state index >= 15 is 0 Å². The lowest BCUT2D eigenvalue weighted by Gasteiger charge is -2.32. The summed E-state index contributed by atoms with van der Waals surface area (Å²) in [7, 11) is 0. The van der Waals surface area contributed by atoms with Crippen LogP contribution in [-0.2, 0) is 9.53 Å². The number of amides is 2. The van der Waals surface area contributed by atoms with E-state index in [1.165, 1.54) is 0 Å². The van der Waals surface area contributed by atoms with Gasteiger partial charge in [-0.25, -0.2) is 4.79 Å². The maximum Gasteiger partial charge on any atom is 0.407 e. The molecule has 0 spiro atoms. The van der Waals surface area contributed by atoms with E-state index in [1.807, 2.05) is 25.7 Å². The summed E-state index contributed by atoms with van der Waals surface area (Å²) in [4.78, 5) is 24.5. The monoisotopic (exact) mass is 271 g/mol. The summed E-state index contributed by atoms with van der Waals surface area (Å²) < 4.78 is 5.18. The summed E-state index contributed by atoms with van der Waals surface area (Å²) in [6.45, 7) is 8.06. The number of carbonyl (C=O) groups excluding carboxylic acids is 2. The predicted octanol–water partition coefficient (Wildman–Crippen LogP) is 0.708. The molecule has 1 unspecified atom stereocenters. The summed E-state index contributed by atoms with van der Waals surface area (Å²) in [5.74, 6) is 0.0429. The van der Waals surface area contributed by atoms with Crippen molar-refractivity contribution in [3.63, 3.8) is 0 Å². The Hall–Kier alpha value is -1.30. The van der Waals surface area contributed by atoms with Crippen molar-refractivity contribution >= 4 is 12.0 Å². The van der Waals surface area contributed by atoms with Crippen LogP contribution in [0.2, 0.25) is 0 Å². The Bertz CT molecular complexity index is 326. The van der Waals surface area contributed by atoms with Gasteiger partial charge in [-0.05, 0) is 46.1 Å². The van der Waals surface area contributed by atoms with Crippen molar-refractivity contribution in [2.75, 3.05) is 26.2 Å². The molecule has 3 N–H and O–H groups in total. The lowest BCUT2D eigenvalue weighted by Crippen LogP contribution is -2.44. The third-order valence-electron chi connectivity index (χ3n) is 2.92. The molecule has 0 aromatic rings. The minimum Gasteiger partial charge on any atom is -0.444 e. The third kappa shape index (κ3) is 7.00. The lowest BCUT2D eigenvalue weighted by molar-refractivity contribution is -0.119. The van der Waals surface area contributed by atoms with E-state index in [2.05, 4.69) is 5.32 Å². The molecule has 6 nitrogen and oxygen atoms in total. The normalized spacial score (nSPS) is 20.9. The Balaban J connectivity index is 2.29. The van der Waals surface area contributed by atoms with Gasteiger partial charge in [-0.3, -0.25) is 9.69 Å². The van der Waals surface area contributed by atoms with Crippen LogP contribution in [-0.4, -0.2) is 48.7 Å². The number of ether oxygens (including phenoxy) is 1. The van der Waals surface area contributed by atoms with Crippen LogP contribution in [0.5, 0.6) is 0 Å². The molecule has 0 aromatic heterocycles. The molecule has 1 fully saturated rings. The molecule has 0 aromatic carbocycles. The SMILES string of the molecule is CC(C)(C)OC(=O)NCC1CCCN(CC(N)=O)C1. The Kier molecular flexibility index (Phi) is 5.60. The standard InChI is InChI=1S/C13H25N3O3/c1-13(2,3)19-12(18)15-7-10-5-4-6-16(8-10)9-11(14)17/h10H,4-9H2,1-3H3,(H2,14,17)(H,15,18). The summed E-state index contributed by atoms with van der Waals surface area (Å²) in [5.41, 5.74) is 4.71. The number of nitrogens with zero attached hydrogens (tertiary/aromatic N) is 1. The minimum absolute atomic E-state index is 0.295. The highest BCUT2D eigenvalue weighted by atomic mass is 16.6. The van der Waals surface area contributed by atoms with Crippen LogP contribution in [0.1, 0.15) is 33.6 Å². The second-order valence-corrected chi connectivity index (χ2v) is 6.09. The van der Waals surface area contributed by atoms with Crippen LogP contribution in [0.25, 0.3) is 0 Å². The molecular formula is C13H25N3O3. The van der Waals surface area contributed by atoms with Gasteiger partial charge in [0.15, 0.2) is 0 Å². The number of piperidine rings is 1. The van der Waals surface area contributed by atoms with Gasteiger partial charge in [0, 0.05) is 13.1 Å². The predicted molar refractivity (Wildman–Crippen MR) is 72.6 cm³/mol. The molecule has 2 amide bonds. The molecule has 0 bridgehead atoms. The number of nitrogens with two attached hydrogens (primary N) is 1. The van der Waals surface area contributed by atoms with Gasteiger partial charge < -0.3 is 15.8 Å². The van der Waals surface area contributed by atoms with Crippen molar-refractivity contribution in [1.29, 1.82) is 0 Å². The minimum atomic E-state index is -0.478. The average Bonchev–Trinajstić information content (AvgIpc) is 2.23. The number of hydrogen-bond acceptors (Lipinski definition) is 4. The summed E-state index contributed by atoms with van der Waals surface area (Å²) in [5, 5.41) is 2.78. The second kappa shape index (κ2) is 6.75. The molecule has 0 radical (unpaired) electrons. The van der Waals surface area contributed by atoms with Gasteiger partial charge in [0.1, 0.15) is 5.60 Å². The highest BCUT2D eigenvalue weighted by molar-refractivity contribution is 5.75. The highest BCUT2D eigenvalue weighted by Crippen LogP contribution is 2.15. The van der Waals surface area contributed by atoms with Gasteiger partial charge >= 0.3 is 6.09 Å². The molecule has 110 valence electrons. The molecule has 1 rings (SSSR count). The summed E-state index contributed by atoms with van der Waals surface area (Å²) in [6.07, 6.45) is 1.68. The van der Waals surface area contributed by atoms with E-state index in [0.717, 1.165) is 25.9 Å². The smallest absolute Gasteiger partial charge is 0.407 e. The average molecular weight is 271 g/mol. The van der Waals surface area contributed by atoms with Crippen molar-refractivity contribution in [2.24, 2.45) is 11.7 Å². The molecule has 6 heteroatoms. The number of nitrogens with one attached hydrogen (secondary N) is 1. The molecule has 0 aliphatic carbocycles. The molecular weight excluding hydrogens is 246 g/mol. The zero-order valence-electron chi connectivity index (χ0n) is 12.1. The first-order valence-corrected chi connectivity index (χ1v) is 6.74. The molecule has 1 saturated heterocycles. The fourth-order valence-electron chi connectivity index (χ4n) is 2.22. The van der Waals surface area contributed by atoms with Crippen LogP contribution in [0.3, 0.4) is 0 Å². The van der Waals surface area contributed by atoms with Crippen LogP contribution in [0.4, 0.5) is 4.79 Å². The largest absolute Gasteiger partial charge is 0.444 e. The van der Waals surface area contributed by atoms with Crippen LogP contribution in [0, 0.1) is 5.92 Å². The first-order chi connectivity index (χ1) is 8.76. The number of likely N-dealkylation sites (tertiary alicyclic amines) is 1. The number of rotatable bonds is 4. The Morgan fingerprint density at radius 1 is 1.42 bits per heavy atom. The maximum absolute atomic E-state index is 11.5. The molecule has 0 saturated carbocycles. The fourth-order valence-corrected chi connectivity index (χ4v) is 2.22. The molecule has 1 aliphatic heterocycles. The van der Waals surface area contributed by atoms with Crippen LogP contribution < -0.4 is 11.1 Å². The van der Waals surface area contributed by atoms with Gasteiger partial charge in [0.05, 0.1) is 6.54 Å². The molecule has 1 aliphatic rings. The fraction of sp³-hybridized carbons (Fsp3) is 0.846. The van der Waals surface area contributed by atoms with E-state index in [4.69, 9.17) is 10.5 Å². The third-order valence-corrected chi connectivity index (χ3v) is 2.92. The summed E-state index contributed by atoms with van der Waals surface area (Å²) in [6, 6.07) is 0. The van der Waals surface area contributed by atoms with E-state index in [-0.39, 0.29) is 12.0 Å². The van der Waals surface area contributed by atoms with Gasteiger partial charge in [-0.2, -0.15) is 0 Å². The van der Waals surface area contributed by atoms with E-state index in [9.17, 15) is 9.59 Å². The maximum atomic E-state index is 11.5. The van der Waals surface area contributed by atoms with Crippen molar-refractivity contribution < 1.29 is 14.3 Å². The first kappa shape index (κ1) is 15.8. The quantitative estimate of drug-likeness (QED) is 0.788. The number of hydrogen-bond donors (Lipinski definition) is 2. The zero-order valence-corrected chi connectivity index (χ0v) is 12.1. The van der Waals surface area contributed by atoms with Gasteiger partial charge in [0.25, 0.3) is 0 Å². The van der Waals surface area contributed by atoms with Gasteiger partial charge in [-0.1, -0.05) is 0 Å². The second-order valence-electron chi connectivity index (χ2n) is 6.09. The lowest BCUT2D eigenvalue weighted by atomic mass is 9.98. The molecule has 1 heterocycles. The van der Waals surface area contributed by atoms with Crippen molar-refractivity contribution in [2.45, 2.75) is 39.2 Å². The number of alkyl carbamates (subject to hydrolysis) is 1. The number of carbonyl (C=O) groups is 2. The van der Waals surface area contributed by atoms with Crippen molar-refractivity contribution in [3.05, 3.63) is 0 Å². The zero-order chi connectivity index (χ0) is 14.5. The molecule has 1 atom stereocenters. The van der Waals surface area contributed by atoms with E-state index in [1.54, 1.807) is 0 Å². The first-order valence-electron chi connectivity index (χ1n) is 6.74. The van der Waals surface area contributed by atoms with Crippen LogP contribution >= 0.6 is 0 Å². The van der Waals surface area contributed by atoms with Gasteiger partial charge in [-0.15, -0.1) is 0 Å². The van der Waals surface area contributed by atoms with E-state index < -0.39 is 5.60 Å². The van der Waals surface area contributed by atoms with E-state index in [0.29, 0.717) is 19.0 Å². The summed E-state index contributed by atoms with van der Waals surface area (Å²) >= 11 is 0. The van der Waals surface area contributed by atoms with Crippen molar-refractivity contribution in [3.8, 4) is 0 Å². The Morgan fingerprint density at radius 3 is 2.68 bits per heavy atom. The Morgan fingerprint density at radius 2 is 2.11 bits per heavy atom. The Labute approximate surface area is 114 Å². The highest BCUT2D eigenvalue weighted by Gasteiger charge is 2.22. The number of primary amides is 1.